The quantitative estimate of drug-likeness (QED) is 0.826. The monoisotopic (exact) mass is 325 g/mol. The summed E-state index contributed by atoms with van der Waals surface area (Å²) >= 11 is 6.04. The lowest BCUT2D eigenvalue weighted by Crippen LogP contribution is -2.24. The van der Waals surface area contributed by atoms with E-state index in [2.05, 4.69) is 47.4 Å². The van der Waals surface area contributed by atoms with Crippen molar-refractivity contribution in [3.8, 4) is 5.75 Å². The highest BCUT2D eigenvalue weighted by Crippen LogP contribution is 2.43. The largest absolute Gasteiger partial charge is 0.497 e. The second-order valence-electron chi connectivity index (χ2n) is 6.37. The Bertz CT molecular complexity index is 720. The van der Waals surface area contributed by atoms with Gasteiger partial charge in [-0.1, -0.05) is 41.9 Å². The van der Waals surface area contributed by atoms with Crippen molar-refractivity contribution in [3.05, 3.63) is 70.8 Å². The van der Waals surface area contributed by atoms with Crippen LogP contribution in [0.15, 0.2) is 54.6 Å². The highest BCUT2D eigenvalue weighted by molar-refractivity contribution is 6.30. The Morgan fingerprint density at radius 3 is 2.35 bits per heavy atom. The van der Waals surface area contributed by atoms with Crippen LogP contribution in [0.5, 0.6) is 5.75 Å². The van der Waals surface area contributed by atoms with Crippen molar-refractivity contribution in [2.75, 3.05) is 26.7 Å². The van der Waals surface area contributed by atoms with Crippen molar-refractivity contribution >= 4 is 17.2 Å². The molecule has 0 spiro atoms. The molecule has 118 valence electrons. The third-order valence-corrected chi connectivity index (χ3v) is 5.34. The van der Waals surface area contributed by atoms with Gasteiger partial charge in [0.1, 0.15) is 5.75 Å². The third-order valence-electron chi connectivity index (χ3n) is 5.09. The van der Waals surface area contributed by atoms with E-state index in [0.717, 1.165) is 30.4 Å². The Morgan fingerprint density at radius 1 is 0.957 bits per heavy atom. The zero-order valence-corrected chi connectivity index (χ0v) is 14.0. The molecule has 2 aromatic rings. The van der Waals surface area contributed by atoms with Crippen LogP contribution in [-0.2, 0) is 0 Å². The molecule has 2 bridgehead atoms. The Labute approximate surface area is 142 Å². The van der Waals surface area contributed by atoms with E-state index in [1.165, 1.54) is 16.7 Å². The molecule has 3 atom stereocenters. The van der Waals surface area contributed by atoms with Crippen LogP contribution >= 0.6 is 11.6 Å². The minimum atomic E-state index is 0.547. The number of ether oxygens (including phenoxy) is 1. The molecule has 0 aromatic heterocycles. The molecule has 4 rings (SSSR count). The average Bonchev–Trinajstić information content (AvgIpc) is 2.93. The number of fused-ring (bicyclic) bond motifs is 2. The summed E-state index contributed by atoms with van der Waals surface area (Å²) in [5.74, 6) is 2.02. The fourth-order valence-corrected chi connectivity index (χ4v) is 4.02. The number of benzene rings is 2. The van der Waals surface area contributed by atoms with Crippen molar-refractivity contribution in [2.24, 2.45) is 5.92 Å². The van der Waals surface area contributed by atoms with Gasteiger partial charge >= 0.3 is 0 Å². The van der Waals surface area contributed by atoms with Crippen LogP contribution in [0.2, 0.25) is 5.02 Å². The smallest absolute Gasteiger partial charge is 0.118 e. The van der Waals surface area contributed by atoms with Crippen LogP contribution in [0, 0.1) is 5.92 Å². The Kier molecular flexibility index (Phi) is 3.88. The number of nitrogens with zero attached hydrogens (tertiary/aromatic N) is 1. The van der Waals surface area contributed by atoms with Gasteiger partial charge in [0.2, 0.25) is 0 Å². The summed E-state index contributed by atoms with van der Waals surface area (Å²) in [5.41, 5.74) is 4.18. The molecule has 2 aromatic carbocycles. The van der Waals surface area contributed by atoms with Crippen molar-refractivity contribution in [1.82, 2.24) is 4.90 Å². The van der Waals surface area contributed by atoms with E-state index in [-0.39, 0.29) is 0 Å². The molecule has 2 nitrogen and oxygen atoms in total. The summed E-state index contributed by atoms with van der Waals surface area (Å²) in [6.45, 7) is 3.32. The van der Waals surface area contributed by atoms with Gasteiger partial charge in [0.15, 0.2) is 0 Å². The number of hydrogen-bond donors (Lipinski definition) is 0. The number of hydrogen-bond acceptors (Lipinski definition) is 2. The fraction of sp³-hybridized carbons (Fsp3) is 0.300. The molecule has 2 aliphatic heterocycles. The van der Waals surface area contributed by atoms with Gasteiger partial charge in [-0.05, 0) is 41.0 Å². The molecule has 0 amide bonds. The van der Waals surface area contributed by atoms with Gasteiger partial charge in [0.05, 0.1) is 7.11 Å². The first-order chi connectivity index (χ1) is 11.2. The van der Waals surface area contributed by atoms with Crippen molar-refractivity contribution in [2.45, 2.75) is 5.92 Å². The minimum absolute atomic E-state index is 0.547. The molecule has 1 unspecified atom stereocenters. The zero-order chi connectivity index (χ0) is 15.8. The van der Waals surface area contributed by atoms with Gasteiger partial charge < -0.3 is 4.74 Å². The maximum Gasteiger partial charge on any atom is 0.118 e. The van der Waals surface area contributed by atoms with Crippen LogP contribution in [-0.4, -0.2) is 31.6 Å². The van der Waals surface area contributed by atoms with Crippen LogP contribution < -0.4 is 4.74 Å². The van der Waals surface area contributed by atoms with E-state index >= 15 is 0 Å². The SMILES string of the molecule is COc1ccc([C@@H]2CN3CC=C(c4ccc(Cl)cc4)[C@H]2C3)cc1. The Morgan fingerprint density at radius 2 is 1.65 bits per heavy atom. The van der Waals surface area contributed by atoms with Crippen LogP contribution in [0.1, 0.15) is 17.0 Å². The first-order valence-corrected chi connectivity index (χ1v) is 8.44. The topological polar surface area (TPSA) is 12.5 Å². The van der Waals surface area contributed by atoms with E-state index in [0.29, 0.717) is 11.8 Å². The van der Waals surface area contributed by atoms with Gasteiger partial charge in [-0.3, -0.25) is 4.90 Å². The van der Waals surface area contributed by atoms with Crippen LogP contribution in [0.25, 0.3) is 5.57 Å². The summed E-state index contributed by atoms with van der Waals surface area (Å²) in [7, 11) is 1.71. The first-order valence-electron chi connectivity index (χ1n) is 8.07. The fourth-order valence-electron chi connectivity index (χ4n) is 3.89. The molecule has 0 saturated carbocycles. The van der Waals surface area contributed by atoms with Gasteiger partial charge in [-0.25, -0.2) is 0 Å². The average molecular weight is 326 g/mol. The van der Waals surface area contributed by atoms with Gasteiger partial charge in [-0.2, -0.15) is 0 Å². The van der Waals surface area contributed by atoms with Crippen LogP contribution in [0.3, 0.4) is 0 Å². The van der Waals surface area contributed by atoms with E-state index in [1.807, 2.05) is 12.1 Å². The van der Waals surface area contributed by atoms with Crippen molar-refractivity contribution < 1.29 is 4.74 Å². The molecule has 3 heteroatoms. The summed E-state index contributed by atoms with van der Waals surface area (Å²) < 4.78 is 5.29. The Balaban J connectivity index is 1.65. The first kappa shape index (κ1) is 14.8. The predicted octanol–water partition coefficient (Wildman–Crippen LogP) is 4.46. The molecule has 2 heterocycles. The van der Waals surface area contributed by atoms with Crippen molar-refractivity contribution in [3.63, 3.8) is 0 Å². The van der Waals surface area contributed by atoms with Gasteiger partial charge in [-0.15, -0.1) is 0 Å². The second kappa shape index (κ2) is 6.03. The lowest BCUT2D eigenvalue weighted by atomic mass is 9.80. The standard InChI is InChI=1S/C20H20ClNO/c1-23-17-8-4-15(5-9-17)19-12-22-11-10-18(20(19)13-22)14-2-6-16(21)7-3-14/h2-10,19-20H,11-13H2,1H3/t19-,20+/m0/s1. The lowest BCUT2D eigenvalue weighted by Gasteiger charge is -2.25. The van der Waals surface area contributed by atoms with E-state index in [1.54, 1.807) is 7.11 Å². The molecule has 23 heavy (non-hydrogen) atoms. The predicted molar refractivity (Wildman–Crippen MR) is 95.1 cm³/mol. The highest BCUT2D eigenvalue weighted by atomic mass is 35.5. The third kappa shape index (κ3) is 2.77. The molecule has 0 N–H and O–H groups in total. The highest BCUT2D eigenvalue weighted by Gasteiger charge is 2.38. The van der Waals surface area contributed by atoms with Crippen molar-refractivity contribution in [1.29, 1.82) is 0 Å². The molecule has 0 radical (unpaired) electrons. The molecule has 1 fully saturated rings. The summed E-state index contributed by atoms with van der Waals surface area (Å²) in [4.78, 5) is 2.54. The Hall–Kier alpha value is -1.77. The lowest BCUT2D eigenvalue weighted by molar-refractivity contribution is 0.360. The number of rotatable bonds is 3. The molecule has 2 aliphatic rings. The van der Waals surface area contributed by atoms with Gasteiger partial charge in [0, 0.05) is 36.5 Å². The summed E-state index contributed by atoms with van der Waals surface area (Å²) in [6, 6.07) is 16.8. The molecular weight excluding hydrogens is 306 g/mol. The zero-order valence-electron chi connectivity index (χ0n) is 13.2. The van der Waals surface area contributed by atoms with E-state index in [9.17, 15) is 0 Å². The number of halogens is 1. The van der Waals surface area contributed by atoms with Crippen LogP contribution in [0.4, 0.5) is 0 Å². The summed E-state index contributed by atoms with van der Waals surface area (Å²) in [6.07, 6.45) is 2.39. The second-order valence-corrected chi connectivity index (χ2v) is 6.81. The normalized spacial score (nSPS) is 26.0. The summed E-state index contributed by atoms with van der Waals surface area (Å²) in [5, 5.41) is 0.796. The van der Waals surface area contributed by atoms with E-state index in [4.69, 9.17) is 16.3 Å². The maximum atomic E-state index is 6.04. The van der Waals surface area contributed by atoms with E-state index < -0.39 is 0 Å². The molecular formula is C20H20ClNO. The van der Waals surface area contributed by atoms with Gasteiger partial charge in [0.25, 0.3) is 0 Å². The minimum Gasteiger partial charge on any atom is -0.497 e. The maximum absolute atomic E-state index is 6.04. The number of methoxy groups -OCH3 is 1. The molecule has 1 saturated heterocycles. The molecule has 0 aliphatic carbocycles.